The Morgan fingerprint density at radius 2 is 1.79 bits per heavy atom. The first-order valence-corrected chi connectivity index (χ1v) is 8.39. The molecule has 0 spiro atoms. The van der Waals surface area contributed by atoms with Gasteiger partial charge in [0, 0.05) is 23.6 Å². The van der Waals surface area contributed by atoms with Crippen molar-refractivity contribution < 1.29 is 14.7 Å². The molecule has 3 aromatic rings. The number of anilines is 1. The molecule has 0 atom stereocenters. The first-order valence-electron chi connectivity index (χ1n) is 7.57. The molecule has 1 amide bonds. The maximum Gasteiger partial charge on any atom is 0.224 e. The van der Waals surface area contributed by atoms with Crippen LogP contribution in [0.2, 0.25) is 0 Å². The predicted molar refractivity (Wildman–Crippen MR) is 92.5 cm³/mol. The summed E-state index contributed by atoms with van der Waals surface area (Å²) in [4.78, 5) is 26.7. The molecule has 0 fully saturated rings. The summed E-state index contributed by atoms with van der Waals surface area (Å²) in [7, 11) is 0. The first kappa shape index (κ1) is 16.1. The minimum Gasteiger partial charge on any atom is -0.550 e. The summed E-state index contributed by atoms with van der Waals surface area (Å²) in [6.45, 7) is 0. The highest BCUT2D eigenvalue weighted by atomic mass is 32.1. The molecule has 1 heterocycles. The molecule has 0 radical (unpaired) electrons. The number of aliphatic carboxylic acids is 1. The third-order valence-electron chi connectivity index (χ3n) is 3.49. The topological polar surface area (TPSA) is 82.1 Å². The summed E-state index contributed by atoms with van der Waals surface area (Å²) in [5.74, 6) is -1.34. The zero-order valence-electron chi connectivity index (χ0n) is 12.8. The van der Waals surface area contributed by atoms with Gasteiger partial charge < -0.3 is 15.2 Å². The Morgan fingerprint density at radius 1 is 1.04 bits per heavy atom. The molecule has 0 saturated heterocycles. The molecule has 24 heavy (non-hydrogen) atoms. The number of carbonyl (C=O) groups is 2. The molecule has 0 bridgehead atoms. The van der Waals surface area contributed by atoms with Crippen LogP contribution in [0.1, 0.15) is 19.3 Å². The average Bonchev–Trinajstić information content (AvgIpc) is 2.99. The van der Waals surface area contributed by atoms with Crippen LogP contribution in [0.5, 0.6) is 0 Å². The zero-order valence-corrected chi connectivity index (χ0v) is 13.6. The Hall–Kier alpha value is -2.73. The molecule has 0 unspecified atom stereocenters. The van der Waals surface area contributed by atoms with Crippen molar-refractivity contribution in [3.05, 3.63) is 48.5 Å². The summed E-state index contributed by atoms with van der Waals surface area (Å²) in [6.07, 6.45) is 0.329. The van der Waals surface area contributed by atoms with Gasteiger partial charge in [-0.15, -0.1) is 11.3 Å². The molecule has 6 heteroatoms. The molecule has 0 aliphatic rings. The molecule has 5 nitrogen and oxygen atoms in total. The number of rotatable bonds is 6. The lowest BCUT2D eigenvalue weighted by Gasteiger charge is -2.06. The van der Waals surface area contributed by atoms with E-state index in [1.54, 1.807) is 11.3 Å². The smallest absolute Gasteiger partial charge is 0.224 e. The van der Waals surface area contributed by atoms with Crippen LogP contribution in [0.3, 0.4) is 0 Å². The fraction of sp³-hybridized carbons (Fsp3) is 0.167. The number of para-hydroxylation sites is 1. The number of nitrogens with zero attached hydrogens (tertiary/aromatic N) is 1. The van der Waals surface area contributed by atoms with E-state index in [1.807, 2.05) is 48.5 Å². The second kappa shape index (κ2) is 7.23. The number of nitrogens with one attached hydrogen (secondary N) is 1. The van der Waals surface area contributed by atoms with Crippen molar-refractivity contribution in [2.24, 2.45) is 0 Å². The average molecular weight is 339 g/mol. The number of carboxylic acids is 1. The molecule has 0 saturated carbocycles. The van der Waals surface area contributed by atoms with E-state index in [9.17, 15) is 14.7 Å². The first-order chi connectivity index (χ1) is 11.6. The van der Waals surface area contributed by atoms with E-state index in [1.165, 1.54) is 0 Å². The third-order valence-corrected chi connectivity index (χ3v) is 4.58. The van der Waals surface area contributed by atoms with Gasteiger partial charge in [-0.25, -0.2) is 4.98 Å². The fourth-order valence-corrected chi connectivity index (χ4v) is 3.28. The van der Waals surface area contributed by atoms with Gasteiger partial charge in [0.05, 0.1) is 10.2 Å². The van der Waals surface area contributed by atoms with Crippen LogP contribution in [0.25, 0.3) is 20.8 Å². The van der Waals surface area contributed by atoms with Gasteiger partial charge in [0.25, 0.3) is 0 Å². The number of fused-ring (bicyclic) bond motifs is 1. The summed E-state index contributed by atoms with van der Waals surface area (Å²) in [6, 6.07) is 15.4. The van der Waals surface area contributed by atoms with Gasteiger partial charge in [0.15, 0.2) is 0 Å². The van der Waals surface area contributed by atoms with Crippen LogP contribution in [-0.4, -0.2) is 16.9 Å². The molecule has 3 rings (SSSR count). The number of benzene rings is 2. The maximum atomic E-state index is 11.7. The number of aromatic nitrogens is 1. The van der Waals surface area contributed by atoms with Crippen LogP contribution < -0.4 is 10.4 Å². The quantitative estimate of drug-likeness (QED) is 0.748. The van der Waals surface area contributed by atoms with Crippen molar-refractivity contribution >= 4 is 39.1 Å². The van der Waals surface area contributed by atoms with E-state index < -0.39 is 5.97 Å². The van der Waals surface area contributed by atoms with Crippen molar-refractivity contribution in [1.82, 2.24) is 4.98 Å². The van der Waals surface area contributed by atoms with Crippen LogP contribution >= 0.6 is 11.3 Å². The number of hydrogen-bond donors (Lipinski definition) is 1. The predicted octanol–water partition coefficient (Wildman–Crippen LogP) is 2.82. The Labute approximate surface area is 143 Å². The van der Waals surface area contributed by atoms with Crippen LogP contribution in [0.15, 0.2) is 48.5 Å². The minimum absolute atomic E-state index is 0.107. The Morgan fingerprint density at radius 3 is 2.50 bits per heavy atom. The molecule has 1 aromatic heterocycles. The van der Waals surface area contributed by atoms with Crippen molar-refractivity contribution in [2.75, 3.05) is 5.32 Å². The molecule has 122 valence electrons. The molecule has 1 N–H and O–H groups in total. The second-order valence-electron chi connectivity index (χ2n) is 5.34. The fourth-order valence-electron chi connectivity index (χ4n) is 2.31. The molecule has 0 aliphatic heterocycles. The summed E-state index contributed by atoms with van der Waals surface area (Å²) >= 11 is 1.62. The largest absolute Gasteiger partial charge is 0.550 e. The highest BCUT2D eigenvalue weighted by Crippen LogP contribution is 2.30. The standard InChI is InChI=1S/C18H16N2O3S/c21-16(6-3-7-17(22)23)19-13-10-8-12(9-11-13)18-20-14-4-1-2-5-15(14)24-18/h1-2,4-5,8-11H,3,6-7H2,(H,19,21)(H,22,23)/p-1. The van der Waals surface area contributed by atoms with Gasteiger partial charge in [-0.1, -0.05) is 12.1 Å². The number of carboxylic acid groups (broad SMARTS) is 1. The Kier molecular flexibility index (Phi) is 4.86. The number of carbonyl (C=O) groups excluding carboxylic acids is 2. The van der Waals surface area contributed by atoms with Gasteiger partial charge >= 0.3 is 0 Å². The molecule has 0 aliphatic carbocycles. The van der Waals surface area contributed by atoms with E-state index in [0.29, 0.717) is 5.69 Å². The monoisotopic (exact) mass is 339 g/mol. The summed E-state index contributed by atoms with van der Waals surface area (Å²) < 4.78 is 1.14. The van der Waals surface area contributed by atoms with Crippen molar-refractivity contribution in [3.63, 3.8) is 0 Å². The molecular formula is C18H15N2O3S-. The normalized spacial score (nSPS) is 10.7. The highest BCUT2D eigenvalue weighted by Gasteiger charge is 2.07. The second-order valence-corrected chi connectivity index (χ2v) is 6.37. The van der Waals surface area contributed by atoms with E-state index in [-0.39, 0.29) is 25.2 Å². The third kappa shape index (κ3) is 3.97. The lowest BCUT2D eigenvalue weighted by Crippen LogP contribution is -2.22. The number of amides is 1. The molecular weight excluding hydrogens is 324 g/mol. The summed E-state index contributed by atoms with van der Waals surface area (Å²) in [5, 5.41) is 14.0. The highest BCUT2D eigenvalue weighted by molar-refractivity contribution is 7.21. The van der Waals surface area contributed by atoms with Crippen LogP contribution in [0, 0.1) is 0 Å². The van der Waals surface area contributed by atoms with Crippen LogP contribution in [0.4, 0.5) is 5.69 Å². The van der Waals surface area contributed by atoms with E-state index in [4.69, 9.17) is 0 Å². The van der Waals surface area contributed by atoms with Crippen molar-refractivity contribution in [2.45, 2.75) is 19.3 Å². The van der Waals surface area contributed by atoms with Gasteiger partial charge in [0.2, 0.25) is 5.91 Å². The van der Waals surface area contributed by atoms with E-state index >= 15 is 0 Å². The Bertz CT molecular complexity index is 838. The van der Waals surface area contributed by atoms with E-state index in [0.717, 1.165) is 20.8 Å². The zero-order chi connectivity index (χ0) is 16.9. The van der Waals surface area contributed by atoms with Gasteiger partial charge in [-0.05, 0) is 49.2 Å². The minimum atomic E-state index is -1.14. The number of hydrogen-bond acceptors (Lipinski definition) is 5. The van der Waals surface area contributed by atoms with Crippen molar-refractivity contribution in [3.8, 4) is 10.6 Å². The van der Waals surface area contributed by atoms with Gasteiger partial charge in [-0.2, -0.15) is 0 Å². The van der Waals surface area contributed by atoms with E-state index in [2.05, 4.69) is 10.3 Å². The lowest BCUT2D eigenvalue weighted by atomic mass is 10.2. The van der Waals surface area contributed by atoms with Gasteiger partial charge in [-0.3, -0.25) is 4.79 Å². The van der Waals surface area contributed by atoms with Crippen LogP contribution in [-0.2, 0) is 9.59 Å². The number of thiazole rings is 1. The molecule has 2 aromatic carbocycles. The van der Waals surface area contributed by atoms with Crippen molar-refractivity contribution in [1.29, 1.82) is 0 Å². The SMILES string of the molecule is O=C([O-])CCCC(=O)Nc1ccc(-c2nc3ccccc3s2)cc1. The summed E-state index contributed by atoms with van der Waals surface area (Å²) in [5.41, 5.74) is 2.65. The van der Waals surface area contributed by atoms with Gasteiger partial charge in [0.1, 0.15) is 5.01 Å². The lowest BCUT2D eigenvalue weighted by molar-refractivity contribution is -0.305. The Balaban J connectivity index is 1.64. The maximum absolute atomic E-state index is 11.7.